The monoisotopic (exact) mass is 394 g/mol. The van der Waals surface area contributed by atoms with Crippen molar-refractivity contribution in [3.8, 4) is 0 Å². The molecule has 0 atom stereocenters. The van der Waals surface area contributed by atoms with Crippen LogP contribution in [0.2, 0.25) is 0 Å². The fourth-order valence-corrected chi connectivity index (χ4v) is 3.69. The minimum Gasteiger partial charge on any atom is -0.381 e. The van der Waals surface area contributed by atoms with Crippen molar-refractivity contribution in [2.45, 2.75) is 30.5 Å². The maximum absolute atomic E-state index is 12.8. The number of hydrogen-bond acceptors (Lipinski definition) is 6. The predicted octanol–water partition coefficient (Wildman–Crippen LogP) is 3.25. The van der Waals surface area contributed by atoms with Gasteiger partial charge in [0.15, 0.2) is 5.16 Å². The van der Waals surface area contributed by atoms with Crippen molar-refractivity contribution in [2.24, 2.45) is 0 Å². The molecule has 2 aromatic heterocycles. The summed E-state index contributed by atoms with van der Waals surface area (Å²) < 4.78 is 5.37. The number of carbonyl (C=O) groups is 1. The Kier molecular flexibility index (Phi) is 5.83. The van der Waals surface area contributed by atoms with Crippen LogP contribution in [0.1, 0.15) is 34.5 Å². The molecule has 1 aliphatic heterocycles. The first-order valence-corrected chi connectivity index (χ1v) is 10.6. The predicted molar refractivity (Wildman–Crippen MR) is 110 cm³/mol. The molecule has 1 saturated heterocycles. The largest absolute Gasteiger partial charge is 0.381 e. The van der Waals surface area contributed by atoms with Gasteiger partial charge in [-0.25, -0.2) is 15.0 Å². The topological polar surface area (TPSA) is 77.0 Å². The second kappa shape index (κ2) is 8.67. The Hall–Kier alpha value is -2.51. The molecular weight excluding hydrogens is 372 g/mol. The Balaban J connectivity index is 1.63. The van der Waals surface area contributed by atoms with E-state index in [1.54, 1.807) is 0 Å². The van der Waals surface area contributed by atoms with Crippen molar-refractivity contribution < 1.29 is 9.53 Å². The van der Waals surface area contributed by atoms with Gasteiger partial charge in [0.2, 0.25) is 0 Å². The molecule has 1 aliphatic rings. The number of aromatic nitrogens is 3. The number of nitrogens with zero attached hydrogens (tertiary/aromatic N) is 3. The fourth-order valence-electron chi connectivity index (χ4n) is 3.37. The molecule has 3 aromatic rings. The number of carbonyl (C=O) groups excluding carboxylic acids is 1. The summed E-state index contributed by atoms with van der Waals surface area (Å²) in [5.74, 6) is -0.132. The van der Waals surface area contributed by atoms with E-state index in [4.69, 9.17) is 4.74 Å². The van der Waals surface area contributed by atoms with Crippen LogP contribution in [0.15, 0.2) is 47.9 Å². The summed E-state index contributed by atoms with van der Waals surface area (Å²) in [6, 6.07) is 9.94. The van der Waals surface area contributed by atoms with Crippen molar-refractivity contribution in [1.82, 2.24) is 20.3 Å². The SMILES string of the molecule is CSc1ncc(Cc2cc(C(=O)NC3CCOCC3)nc3ccccc23)cn1. The highest BCUT2D eigenvalue weighted by molar-refractivity contribution is 7.98. The molecule has 0 radical (unpaired) electrons. The lowest BCUT2D eigenvalue weighted by Crippen LogP contribution is -2.39. The molecule has 0 saturated carbocycles. The highest BCUT2D eigenvalue weighted by Gasteiger charge is 2.19. The number of hydrogen-bond donors (Lipinski definition) is 1. The summed E-state index contributed by atoms with van der Waals surface area (Å²) >= 11 is 1.52. The van der Waals surface area contributed by atoms with E-state index in [9.17, 15) is 4.79 Å². The van der Waals surface area contributed by atoms with E-state index in [0.29, 0.717) is 25.3 Å². The number of benzene rings is 1. The molecule has 1 fully saturated rings. The van der Waals surface area contributed by atoms with Crippen LogP contribution in [0.4, 0.5) is 0 Å². The fraction of sp³-hybridized carbons (Fsp3) is 0.333. The molecule has 1 aromatic carbocycles. The third kappa shape index (κ3) is 4.31. The second-order valence-corrected chi connectivity index (χ2v) is 7.57. The van der Waals surface area contributed by atoms with Crippen LogP contribution in [0, 0.1) is 0 Å². The number of amides is 1. The zero-order valence-electron chi connectivity index (χ0n) is 15.7. The van der Waals surface area contributed by atoms with Gasteiger partial charge in [-0.3, -0.25) is 4.79 Å². The number of pyridine rings is 1. The van der Waals surface area contributed by atoms with Gasteiger partial charge in [0, 0.05) is 43.5 Å². The highest BCUT2D eigenvalue weighted by atomic mass is 32.2. The number of nitrogens with one attached hydrogen (secondary N) is 1. The van der Waals surface area contributed by atoms with Crippen LogP contribution in [0.3, 0.4) is 0 Å². The lowest BCUT2D eigenvalue weighted by atomic mass is 10.0. The smallest absolute Gasteiger partial charge is 0.270 e. The van der Waals surface area contributed by atoms with Gasteiger partial charge in [-0.15, -0.1) is 0 Å². The van der Waals surface area contributed by atoms with Crippen molar-refractivity contribution in [1.29, 1.82) is 0 Å². The summed E-state index contributed by atoms with van der Waals surface area (Å²) in [4.78, 5) is 26.1. The number of thioether (sulfide) groups is 1. The van der Waals surface area contributed by atoms with Gasteiger partial charge in [-0.05, 0) is 42.4 Å². The number of rotatable bonds is 5. The lowest BCUT2D eigenvalue weighted by molar-refractivity contribution is 0.0694. The molecule has 0 bridgehead atoms. The van der Waals surface area contributed by atoms with E-state index < -0.39 is 0 Å². The molecule has 3 heterocycles. The Morgan fingerprint density at radius 1 is 1.21 bits per heavy atom. The molecule has 0 aliphatic carbocycles. The number of fused-ring (bicyclic) bond motifs is 1. The van der Waals surface area contributed by atoms with Gasteiger partial charge in [0.05, 0.1) is 5.52 Å². The molecule has 7 heteroatoms. The molecule has 144 valence electrons. The standard InChI is InChI=1S/C21H22N4O2S/c1-28-21-22-12-14(13-23-21)10-15-11-19(25-18-5-3-2-4-17(15)18)20(26)24-16-6-8-27-9-7-16/h2-5,11-13,16H,6-10H2,1H3,(H,24,26). The Morgan fingerprint density at radius 2 is 1.96 bits per heavy atom. The maximum Gasteiger partial charge on any atom is 0.270 e. The van der Waals surface area contributed by atoms with E-state index in [1.807, 2.05) is 49.0 Å². The average Bonchev–Trinajstić information content (AvgIpc) is 2.75. The first-order valence-electron chi connectivity index (χ1n) is 9.35. The van der Waals surface area contributed by atoms with Gasteiger partial charge >= 0.3 is 0 Å². The third-order valence-corrected chi connectivity index (χ3v) is 5.43. The molecule has 1 N–H and O–H groups in total. The summed E-state index contributed by atoms with van der Waals surface area (Å²) in [6.07, 6.45) is 7.96. The van der Waals surface area contributed by atoms with Gasteiger partial charge in [0.1, 0.15) is 5.69 Å². The van der Waals surface area contributed by atoms with Crippen molar-refractivity contribution in [2.75, 3.05) is 19.5 Å². The van der Waals surface area contributed by atoms with Crippen molar-refractivity contribution in [3.63, 3.8) is 0 Å². The minimum absolute atomic E-state index is 0.132. The van der Waals surface area contributed by atoms with Crippen molar-refractivity contribution >= 4 is 28.6 Å². The number of ether oxygens (including phenoxy) is 1. The normalized spacial score (nSPS) is 14.9. The summed E-state index contributed by atoms with van der Waals surface area (Å²) in [6.45, 7) is 1.38. The third-order valence-electron chi connectivity index (χ3n) is 4.85. The van der Waals surface area contributed by atoms with Gasteiger partial charge in [0.25, 0.3) is 5.91 Å². The molecule has 4 rings (SSSR count). The quantitative estimate of drug-likeness (QED) is 0.529. The van der Waals surface area contributed by atoms with Crippen LogP contribution >= 0.6 is 11.8 Å². The van der Waals surface area contributed by atoms with Gasteiger partial charge < -0.3 is 10.1 Å². The van der Waals surface area contributed by atoms with E-state index in [1.165, 1.54) is 11.8 Å². The summed E-state index contributed by atoms with van der Waals surface area (Å²) in [7, 11) is 0. The lowest BCUT2D eigenvalue weighted by Gasteiger charge is -2.23. The van der Waals surface area contributed by atoms with E-state index in [2.05, 4.69) is 20.3 Å². The molecule has 6 nitrogen and oxygen atoms in total. The van der Waals surface area contributed by atoms with Crippen molar-refractivity contribution in [3.05, 3.63) is 59.5 Å². The first kappa shape index (κ1) is 18.8. The summed E-state index contributed by atoms with van der Waals surface area (Å²) in [5.41, 5.74) is 3.31. The zero-order chi connectivity index (χ0) is 19.3. The molecule has 0 unspecified atom stereocenters. The van der Waals surface area contributed by atoms with E-state index >= 15 is 0 Å². The Morgan fingerprint density at radius 3 is 2.71 bits per heavy atom. The summed E-state index contributed by atoms with van der Waals surface area (Å²) in [5, 5.41) is 4.89. The second-order valence-electron chi connectivity index (χ2n) is 6.80. The van der Waals surface area contributed by atoms with Gasteiger partial charge in [-0.2, -0.15) is 0 Å². The van der Waals surface area contributed by atoms with Crippen LogP contribution in [-0.4, -0.2) is 46.4 Å². The Labute approximate surface area is 168 Å². The zero-order valence-corrected chi connectivity index (χ0v) is 16.5. The highest BCUT2D eigenvalue weighted by Crippen LogP contribution is 2.22. The van der Waals surface area contributed by atoms with Crippen LogP contribution in [-0.2, 0) is 11.2 Å². The molecule has 28 heavy (non-hydrogen) atoms. The molecular formula is C21H22N4O2S. The first-order chi connectivity index (χ1) is 13.7. The van der Waals surface area contributed by atoms with E-state index in [0.717, 1.165) is 40.0 Å². The van der Waals surface area contributed by atoms with Crippen LogP contribution < -0.4 is 5.32 Å². The maximum atomic E-state index is 12.8. The molecule has 1 amide bonds. The molecule has 0 spiro atoms. The minimum atomic E-state index is -0.132. The van der Waals surface area contributed by atoms with Crippen LogP contribution in [0.25, 0.3) is 10.9 Å². The van der Waals surface area contributed by atoms with Crippen LogP contribution in [0.5, 0.6) is 0 Å². The van der Waals surface area contributed by atoms with Gasteiger partial charge in [-0.1, -0.05) is 30.0 Å². The Bertz CT molecular complexity index is 972. The number of para-hydroxylation sites is 1. The van der Waals surface area contributed by atoms with E-state index in [-0.39, 0.29) is 11.9 Å². The average molecular weight is 395 g/mol.